The molecule has 0 atom stereocenters. The molecule has 0 saturated carbocycles. The monoisotopic (exact) mass is 177 g/mol. The number of nitrogens with one attached hydrogen (secondary N) is 1. The van der Waals surface area contributed by atoms with E-state index in [1.807, 2.05) is 12.1 Å². The van der Waals surface area contributed by atoms with Crippen LogP contribution in [0.1, 0.15) is 25.8 Å². The summed E-state index contributed by atoms with van der Waals surface area (Å²) < 4.78 is 0. The first-order valence-electron chi connectivity index (χ1n) is 4.67. The van der Waals surface area contributed by atoms with Crippen molar-refractivity contribution in [2.75, 3.05) is 11.9 Å². The molecule has 1 aliphatic rings. The lowest BCUT2D eigenvalue weighted by Crippen LogP contribution is -2.28. The van der Waals surface area contributed by atoms with Crippen molar-refractivity contribution in [3.05, 3.63) is 23.8 Å². The quantitative estimate of drug-likeness (QED) is 0.638. The van der Waals surface area contributed by atoms with E-state index in [1.54, 1.807) is 6.07 Å². The fourth-order valence-electron chi connectivity index (χ4n) is 2.03. The number of hydrogen-bond acceptors (Lipinski definition) is 2. The van der Waals surface area contributed by atoms with E-state index in [4.69, 9.17) is 0 Å². The van der Waals surface area contributed by atoms with Crippen molar-refractivity contribution < 1.29 is 5.11 Å². The Hall–Kier alpha value is -1.18. The van der Waals surface area contributed by atoms with Crippen molar-refractivity contribution in [3.8, 4) is 5.75 Å². The predicted molar refractivity (Wildman–Crippen MR) is 54.2 cm³/mol. The first kappa shape index (κ1) is 8.42. The number of aromatic hydroxyl groups is 1. The third-order valence-electron chi connectivity index (χ3n) is 2.78. The van der Waals surface area contributed by atoms with Gasteiger partial charge in [0.15, 0.2) is 0 Å². The van der Waals surface area contributed by atoms with Gasteiger partial charge >= 0.3 is 0 Å². The minimum absolute atomic E-state index is 0.0892. The van der Waals surface area contributed by atoms with Crippen LogP contribution in [0.5, 0.6) is 5.75 Å². The van der Waals surface area contributed by atoms with Gasteiger partial charge in [-0.3, -0.25) is 0 Å². The fourth-order valence-corrected chi connectivity index (χ4v) is 2.03. The summed E-state index contributed by atoms with van der Waals surface area (Å²) in [4.78, 5) is 0. The van der Waals surface area contributed by atoms with Crippen LogP contribution in [0.25, 0.3) is 0 Å². The van der Waals surface area contributed by atoms with E-state index in [0.717, 1.165) is 24.2 Å². The molecule has 2 rings (SSSR count). The molecule has 0 amide bonds. The number of rotatable bonds is 0. The molecule has 0 bridgehead atoms. The van der Waals surface area contributed by atoms with E-state index in [1.165, 1.54) is 0 Å². The Morgan fingerprint density at radius 3 is 2.85 bits per heavy atom. The number of benzene rings is 1. The first-order valence-corrected chi connectivity index (χ1v) is 4.67. The molecular weight excluding hydrogens is 162 g/mol. The molecule has 70 valence electrons. The molecule has 2 nitrogen and oxygen atoms in total. The Bertz CT molecular complexity index is 331. The number of fused-ring (bicyclic) bond motifs is 1. The van der Waals surface area contributed by atoms with Crippen LogP contribution in [0, 0.1) is 0 Å². The van der Waals surface area contributed by atoms with Crippen LogP contribution < -0.4 is 5.32 Å². The highest BCUT2D eigenvalue weighted by atomic mass is 16.3. The van der Waals surface area contributed by atoms with Crippen LogP contribution in [0.15, 0.2) is 18.2 Å². The first-order chi connectivity index (χ1) is 6.11. The summed E-state index contributed by atoms with van der Waals surface area (Å²) >= 11 is 0. The summed E-state index contributed by atoms with van der Waals surface area (Å²) in [5.41, 5.74) is 2.23. The van der Waals surface area contributed by atoms with Gasteiger partial charge in [0.1, 0.15) is 5.75 Å². The molecule has 0 spiro atoms. The second-order valence-electron chi connectivity index (χ2n) is 4.26. The SMILES string of the molecule is CC1(C)CCNc2cccc(O)c21. The van der Waals surface area contributed by atoms with Gasteiger partial charge in [0, 0.05) is 17.8 Å². The molecule has 0 unspecified atom stereocenters. The van der Waals surface area contributed by atoms with Crippen LogP contribution in [-0.4, -0.2) is 11.7 Å². The van der Waals surface area contributed by atoms with Crippen LogP contribution in [0.2, 0.25) is 0 Å². The van der Waals surface area contributed by atoms with Gasteiger partial charge in [0.2, 0.25) is 0 Å². The lowest BCUT2D eigenvalue weighted by Gasteiger charge is -2.33. The van der Waals surface area contributed by atoms with Crippen LogP contribution in [-0.2, 0) is 5.41 Å². The lowest BCUT2D eigenvalue weighted by atomic mass is 9.78. The van der Waals surface area contributed by atoms with Crippen molar-refractivity contribution in [3.63, 3.8) is 0 Å². The molecule has 1 aromatic rings. The molecule has 0 aliphatic carbocycles. The summed E-state index contributed by atoms with van der Waals surface area (Å²) in [6.07, 6.45) is 1.07. The molecule has 0 radical (unpaired) electrons. The molecular formula is C11H15NO. The minimum Gasteiger partial charge on any atom is -0.508 e. The van der Waals surface area contributed by atoms with E-state index >= 15 is 0 Å². The molecule has 1 aliphatic heterocycles. The van der Waals surface area contributed by atoms with Crippen LogP contribution >= 0.6 is 0 Å². The lowest BCUT2D eigenvalue weighted by molar-refractivity contribution is 0.419. The Balaban J connectivity index is 2.61. The average Bonchev–Trinajstić information content (AvgIpc) is 2.02. The predicted octanol–water partition coefficient (Wildman–Crippen LogP) is 2.49. The molecule has 2 N–H and O–H groups in total. The third-order valence-corrected chi connectivity index (χ3v) is 2.78. The summed E-state index contributed by atoms with van der Waals surface area (Å²) in [6.45, 7) is 5.34. The van der Waals surface area contributed by atoms with E-state index in [0.29, 0.717) is 5.75 Å². The maximum Gasteiger partial charge on any atom is 0.121 e. The number of hydrogen-bond donors (Lipinski definition) is 2. The Labute approximate surface area is 78.6 Å². The summed E-state index contributed by atoms with van der Waals surface area (Å²) in [5.74, 6) is 0.412. The molecule has 1 aromatic carbocycles. The van der Waals surface area contributed by atoms with Gasteiger partial charge in [-0.25, -0.2) is 0 Å². The van der Waals surface area contributed by atoms with Gasteiger partial charge in [0.05, 0.1) is 0 Å². The van der Waals surface area contributed by atoms with E-state index in [9.17, 15) is 5.11 Å². The Kier molecular flexibility index (Phi) is 1.72. The number of phenolic OH excluding ortho intramolecular Hbond substituents is 1. The van der Waals surface area contributed by atoms with Crippen molar-refractivity contribution >= 4 is 5.69 Å². The zero-order valence-corrected chi connectivity index (χ0v) is 8.09. The molecule has 0 aromatic heterocycles. The van der Waals surface area contributed by atoms with Crippen molar-refractivity contribution in [2.45, 2.75) is 25.7 Å². The highest BCUT2D eigenvalue weighted by molar-refractivity contribution is 5.61. The molecule has 0 saturated heterocycles. The normalized spacial score (nSPS) is 18.9. The smallest absolute Gasteiger partial charge is 0.121 e. The van der Waals surface area contributed by atoms with Gasteiger partial charge < -0.3 is 10.4 Å². The maximum atomic E-state index is 9.75. The van der Waals surface area contributed by atoms with Gasteiger partial charge in [-0.1, -0.05) is 19.9 Å². The van der Waals surface area contributed by atoms with E-state index < -0.39 is 0 Å². The number of anilines is 1. The van der Waals surface area contributed by atoms with Crippen LogP contribution in [0.3, 0.4) is 0 Å². The zero-order valence-electron chi connectivity index (χ0n) is 8.09. The fraction of sp³-hybridized carbons (Fsp3) is 0.455. The average molecular weight is 177 g/mol. The molecule has 1 heterocycles. The summed E-state index contributed by atoms with van der Waals surface area (Å²) in [5, 5.41) is 13.1. The van der Waals surface area contributed by atoms with Gasteiger partial charge in [0.25, 0.3) is 0 Å². The standard InChI is InChI=1S/C11H15NO/c1-11(2)6-7-12-8-4-3-5-9(13)10(8)11/h3-5,12-13H,6-7H2,1-2H3. The second-order valence-corrected chi connectivity index (χ2v) is 4.26. The molecule has 2 heteroatoms. The minimum atomic E-state index is 0.0892. The third kappa shape index (κ3) is 1.26. The molecule has 0 fully saturated rings. The number of phenols is 1. The summed E-state index contributed by atoms with van der Waals surface area (Å²) in [6, 6.07) is 5.66. The second kappa shape index (κ2) is 2.66. The topological polar surface area (TPSA) is 32.3 Å². The Morgan fingerprint density at radius 1 is 1.38 bits per heavy atom. The van der Waals surface area contributed by atoms with Crippen molar-refractivity contribution in [1.82, 2.24) is 0 Å². The van der Waals surface area contributed by atoms with E-state index in [-0.39, 0.29) is 5.41 Å². The highest BCUT2D eigenvalue weighted by Crippen LogP contribution is 2.41. The highest BCUT2D eigenvalue weighted by Gasteiger charge is 2.29. The largest absolute Gasteiger partial charge is 0.508 e. The van der Waals surface area contributed by atoms with Crippen molar-refractivity contribution in [2.24, 2.45) is 0 Å². The van der Waals surface area contributed by atoms with Crippen molar-refractivity contribution in [1.29, 1.82) is 0 Å². The Morgan fingerprint density at radius 2 is 2.15 bits per heavy atom. The van der Waals surface area contributed by atoms with E-state index in [2.05, 4.69) is 19.2 Å². The summed E-state index contributed by atoms with van der Waals surface area (Å²) in [7, 11) is 0. The van der Waals surface area contributed by atoms with Gasteiger partial charge in [-0.15, -0.1) is 0 Å². The van der Waals surface area contributed by atoms with Gasteiger partial charge in [-0.05, 0) is 24.0 Å². The maximum absolute atomic E-state index is 9.75. The van der Waals surface area contributed by atoms with Crippen LogP contribution in [0.4, 0.5) is 5.69 Å². The molecule has 13 heavy (non-hydrogen) atoms. The van der Waals surface area contributed by atoms with Gasteiger partial charge in [-0.2, -0.15) is 0 Å². The zero-order chi connectivity index (χ0) is 9.47.